The largest absolute Gasteiger partial charge is 0.491 e. The maximum atomic E-state index is 5.64. The van der Waals surface area contributed by atoms with E-state index in [4.69, 9.17) is 16.2 Å². The van der Waals surface area contributed by atoms with Crippen molar-refractivity contribution in [1.29, 1.82) is 0 Å². The predicted molar refractivity (Wildman–Crippen MR) is 65.2 cm³/mol. The lowest BCUT2D eigenvalue weighted by atomic mass is 10.1. The van der Waals surface area contributed by atoms with Crippen LogP contribution in [0.2, 0.25) is 0 Å². The Morgan fingerprint density at radius 2 is 1.94 bits per heavy atom. The molecule has 0 saturated carbocycles. The predicted octanol–water partition coefficient (Wildman–Crippen LogP) is 0.460. The van der Waals surface area contributed by atoms with Gasteiger partial charge in [0.1, 0.15) is 12.4 Å². The molecule has 1 aromatic carbocycles. The highest BCUT2D eigenvalue weighted by atomic mass is 16.5. The van der Waals surface area contributed by atoms with Crippen LogP contribution in [0.5, 0.6) is 5.75 Å². The van der Waals surface area contributed by atoms with Crippen LogP contribution in [0, 0.1) is 13.8 Å². The fourth-order valence-corrected chi connectivity index (χ4v) is 1.37. The molecule has 0 aliphatic rings. The lowest BCUT2D eigenvalue weighted by Gasteiger charge is -2.11. The van der Waals surface area contributed by atoms with Crippen molar-refractivity contribution in [3.05, 3.63) is 29.3 Å². The van der Waals surface area contributed by atoms with Crippen LogP contribution < -0.4 is 21.6 Å². The minimum Gasteiger partial charge on any atom is -0.491 e. The van der Waals surface area contributed by atoms with E-state index in [0.29, 0.717) is 13.2 Å². The molecule has 0 atom stereocenters. The lowest BCUT2D eigenvalue weighted by Crippen LogP contribution is -2.28. The molecule has 0 amide bonds. The topological polar surface area (TPSA) is 85.7 Å². The van der Waals surface area contributed by atoms with Gasteiger partial charge in [-0.05, 0) is 25.0 Å². The molecule has 88 valence electrons. The van der Waals surface area contributed by atoms with Crippen molar-refractivity contribution in [1.82, 2.24) is 5.43 Å². The van der Waals surface area contributed by atoms with Crippen LogP contribution >= 0.6 is 0 Å². The Morgan fingerprint density at radius 3 is 2.50 bits per heavy atom. The van der Waals surface area contributed by atoms with Gasteiger partial charge in [-0.2, -0.15) is 0 Å². The number of hydrogen-bond donors (Lipinski definition) is 3. The molecule has 0 bridgehead atoms. The molecule has 5 heteroatoms. The standard InChI is InChI=1S/C11H18N4O/c1-8-4-3-5-9(2)10(8)16-7-6-14-15-11(12)13/h3-5,14H,6-7H2,1-2H3,(H4,12,13,15). The first-order valence-electron chi connectivity index (χ1n) is 5.11. The second kappa shape index (κ2) is 5.85. The van der Waals surface area contributed by atoms with Crippen LogP contribution in [0.3, 0.4) is 0 Å². The normalized spacial score (nSPS) is 9.62. The maximum absolute atomic E-state index is 5.64. The van der Waals surface area contributed by atoms with E-state index in [2.05, 4.69) is 10.5 Å². The van der Waals surface area contributed by atoms with E-state index in [1.54, 1.807) is 0 Å². The summed E-state index contributed by atoms with van der Waals surface area (Å²) in [5.41, 5.74) is 15.3. The van der Waals surface area contributed by atoms with Gasteiger partial charge in [-0.15, -0.1) is 5.10 Å². The highest BCUT2D eigenvalue weighted by Gasteiger charge is 2.01. The maximum Gasteiger partial charge on any atom is 0.208 e. The fourth-order valence-electron chi connectivity index (χ4n) is 1.37. The van der Waals surface area contributed by atoms with Crippen molar-refractivity contribution in [2.24, 2.45) is 16.6 Å². The van der Waals surface area contributed by atoms with Crippen molar-refractivity contribution < 1.29 is 4.74 Å². The van der Waals surface area contributed by atoms with Crippen molar-refractivity contribution in [3.8, 4) is 5.75 Å². The lowest BCUT2D eigenvalue weighted by molar-refractivity contribution is 0.311. The average molecular weight is 222 g/mol. The van der Waals surface area contributed by atoms with Gasteiger partial charge < -0.3 is 21.6 Å². The number of nitrogens with zero attached hydrogens (tertiary/aromatic N) is 1. The van der Waals surface area contributed by atoms with Gasteiger partial charge in [0.25, 0.3) is 0 Å². The molecule has 16 heavy (non-hydrogen) atoms. The summed E-state index contributed by atoms with van der Waals surface area (Å²) >= 11 is 0. The Balaban J connectivity index is 2.40. The molecule has 0 fully saturated rings. The van der Waals surface area contributed by atoms with Crippen LogP contribution in [0.1, 0.15) is 11.1 Å². The molecular weight excluding hydrogens is 204 g/mol. The van der Waals surface area contributed by atoms with E-state index < -0.39 is 0 Å². The van der Waals surface area contributed by atoms with E-state index >= 15 is 0 Å². The Hall–Kier alpha value is -1.91. The summed E-state index contributed by atoms with van der Waals surface area (Å²) in [6, 6.07) is 6.05. The van der Waals surface area contributed by atoms with E-state index in [1.165, 1.54) is 0 Å². The van der Waals surface area contributed by atoms with E-state index in [-0.39, 0.29) is 5.96 Å². The van der Waals surface area contributed by atoms with Gasteiger partial charge in [0.2, 0.25) is 5.96 Å². The molecule has 1 aromatic rings. The van der Waals surface area contributed by atoms with Gasteiger partial charge in [-0.25, -0.2) is 0 Å². The van der Waals surface area contributed by atoms with Crippen LogP contribution in [0.25, 0.3) is 0 Å². The highest BCUT2D eigenvalue weighted by molar-refractivity contribution is 5.75. The van der Waals surface area contributed by atoms with Crippen molar-refractivity contribution in [2.75, 3.05) is 13.2 Å². The number of hydrogen-bond acceptors (Lipinski definition) is 3. The van der Waals surface area contributed by atoms with Crippen molar-refractivity contribution in [3.63, 3.8) is 0 Å². The zero-order valence-electron chi connectivity index (χ0n) is 9.66. The van der Waals surface area contributed by atoms with Gasteiger partial charge in [-0.3, -0.25) is 0 Å². The molecule has 0 spiro atoms. The summed E-state index contributed by atoms with van der Waals surface area (Å²) in [4.78, 5) is 0. The number of hydrazone groups is 1. The molecule has 0 unspecified atom stereocenters. The number of ether oxygens (including phenoxy) is 1. The SMILES string of the molecule is Cc1cccc(C)c1OCCNN=C(N)N. The third-order valence-electron chi connectivity index (χ3n) is 2.08. The van der Waals surface area contributed by atoms with E-state index in [0.717, 1.165) is 16.9 Å². The molecule has 5 N–H and O–H groups in total. The summed E-state index contributed by atoms with van der Waals surface area (Å²) in [7, 11) is 0. The Morgan fingerprint density at radius 1 is 1.31 bits per heavy atom. The summed E-state index contributed by atoms with van der Waals surface area (Å²) in [5.74, 6) is 0.945. The minimum atomic E-state index is 0.0204. The highest BCUT2D eigenvalue weighted by Crippen LogP contribution is 2.21. The zero-order valence-corrected chi connectivity index (χ0v) is 9.66. The minimum absolute atomic E-state index is 0.0204. The van der Waals surface area contributed by atoms with Gasteiger partial charge >= 0.3 is 0 Å². The van der Waals surface area contributed by atoms with Crippen molar-refractivity contribution in [2.45, 2.75) is 13.8 Å². The monoisotopic (exact) mass is 222 g/mol. The molecule has 0 aromatic heterocycles. The van der Waals surface area contributed by atoms with Crippen molar-refractivity contribution >= 4 is 5.96 Å². The number of guanidine groups is 1. The van der Waals surface area contributed by atoms with Crippen LogP contribution in [0.15, 0.2) is 23.3 Å². The Kier molecular flexibility index (Phi) is 4.44. The molecule has 5 nitrogen and oxygen atoms in total. The molecule has 0 saturated heterocycles. The Bertz CT molecular complexity index is 352. The van der Waals surface area contributed by atoms with E-state index in [9.17, 15) is 0 Å². The number of benzene rings is 1. The number of nitrogens with one attached hydrogen (secondary N) is 1. The molecule has 0 heterocycles. The second-order valence-electron chi connectivity index (χ2n) is 3.51. The van der Waals surface area contributed by atoms with Gasteiger partial charge in [0, 0.05) is 0 Å². The van der Waals surface area contributed by atoms with Gasteiger partial charge in [0.05, 0.1) is 6.54 Å². The number of para-hydroxylation sites is 1. The Labute approximate surface area is 95.5 Å². The molecule has 0 aliphatic heterocycles. The van der Waals surface area contributed by atoms with Gasteiger partial charge in [-0.1, -0.05) is 18.2 Å². The molecule has 0 aliphatic carbocycles. The first kappa shape index (κ1) is 12.2. The third-order valence-corrected chi connectivity index (χ3v) is 2.08. The number of aryl methyl sites for hydroxylation is 2. The van der Waals surface area contributed by atoms with Crippen LogP contribution in [0.4, 0.5) is 0 Å². The fraction of sp³-hybridized carbons (Fsp3) is 0.364. The molecule has 0 radical (unpaired) electrons. The first-order chi connectivity index (χ1) is 7.61. The van der Waals surface area contributed by atoms with Gasteiger partial charge in [0.15, 0.2) is 0 Å². The number of nitrogens with two attached hydrogens (primary N) is 2. The molecule has 1 rings (SSSR count). The zero-order chi connectivity index (χ0) is 12.0. The summed E-state index contributed by atoms with van der Waals surface area (Å²) in [5, 5.41) is 3.64. The first-order valence-corrected chi connectivity index (χ1v) is 5.11. The summed E-state index contributed by atoms with van der Waals surface area (Å²) < 4.78 is 5.64. The second-order valence-corrected chi connectivity index (χ2v) is 3.51. The number of rotatable bonds is 5. The summed E-state index contributed by atoms with van der Waals surface area (Å²) in [6.07, 6.45) is 0. The molecular formula is C11H18N4O. The van der Waals surface area contributed by atoms with Crippen LogP contribution in [-0.2, 0) is 0 Å². The quantitative estimate of drug-likeness (QED) is 0.292. The average Bonchev–Trinajstić information content (AvgIpc) is 2.21. The van der Waals surface area contributed by atoms with E-state index in [1.807, 2.05) is 32.0 Å². The smallest absolute Gasteiger partial charge is 0.208 e. The summed E-state index contributed by atoms with van der Waals surface area (Å²) in [6.45, 7) is 5.12. The van der Waals surface area contributed by atoms with Crippen LogP contribution in [-0.4, -0.2) is 19.1 Å². The third kappa shape index (κ3) is 3.68.